The summed E-state index contributed by atoms with van der Waals surface area (Å²) in [5, 5.41) is 0. The van der Waals surface area contributed by atoms with Crippen LogP contribution < -0.4 is 9.44 Å². The summed E-state index contributed by atoms with van der Waals surface area (Å²) in [7, 11) is -1.81. The van der Waals surface area contributed by atoms with Crippen molar-refractivity contribution in [1.82, 2.24) is 9.44 Å². The van der Waals surface area contributed by atoms with Crippen LogP contribution in [0.15, 0.2) is 0 Å². The summed E-state index contributed by atoms with van der Waals surface area (Å²) in [4.78, 5) is 0. The fourth-order valence-corrected chi connectivity index (χ4v) is 2.47. The summed E-state index contributed by atoms with van der Waals surface area (Å²) in [5.41, 5.74) is 0. The van der Waals surface area contributed by atoms with E-state index in [1.54, 1.807) is 0 Å². The van der Waals surface area contributed by atoms with Gasteiger partial charge in [0.25, 0.3) is 10.2 Å². The molecule has 1 aliphatic rings. The van der Waals surface area contributed by atoms with E-state index < -0.39 is 10.2 Å². The molecule has 0 spiro atoms. The van der Waals surface area contributed by atoms with Crippen LogP contribution in [0.4, 0.5) is 0 Å². The fraction of sp³-hybridized carbons (Fsp3) is 1.00. The molecular formula is C8H18N2O2S. The Balaban J connectivity index is 2.42. The molecule has 0 amide bonds. The summed E-state index contributed by atoms with van der Waals surface area (Å²) >= 11 is 0. The van der Waals surface area contributed by atoms with Crippen molar-refractivity contribution in [3.63, 3.8) is 0 Å². The van der Waals surface area contributed by atoms with Gasteiger partial charge in [-0.05, 0) is 12.8 Å². The Morgan fingerprint density at radius 2 is 1.62 bits per heavy atom. The van der Waals surface area contributed by atoms with Crippen molar-refractivity contribution in [2.45, 2.75) is 44.6 Å². The highest BCUT2D eigenvalue weighted by Crippen LogP contribution is 2.17. The van der Waals surface area contributed by atoms with E-state index in [1.165, 1.54) is 19.9 Å². The van der Waals surface area contributed by atoms with Gasteiger partial charge in [0.1, 0.15) is 0 Å². The molecule has 0 heterocycles. The summed E-state index contributed by atoms with van der Waals surface area (Å²) in [6, 6.07) is 0.139. The van der Waals surface area contributed by atoms with E-state index in [9.17, 15) is 8.42 Å². The Hall–Kier alpha value is -0.130. The molecule has 0 unspecified atom stereocenters. The third kappa shape index (κ3) is 4.06. The minimum atomic E-state index is -3.24. The van der Waals surface area contributed by atoms with Gasteiger partial charge in [-0.2, -0.15) is 13.1 Å². The molecule has 0 aromatic carbocycles. The lowest BCUT2D eigenvalue weighted by Gasteiger charge is -2.15. The highest BCUT2D eigenvalue weighted by molar-refractivity contribution is 7.87. The maximum Gasteiger partial charge on any atom is 0.276 e. The molecule has 4 nitrogen and oxygen atoms in total. The van der Waals surface area contributed by atoms with Crippen molar-refractivity contribution in [1.29, 1.82) is 0 Å². The molecule has 1 rings (SSSR count). The monoisotopic (exact) mass is 206 g/mol. The lowest BCUT2D eigenvalue weighted by atomic mass is 10.1. The van der Waals surface area contributed by atoms with Crippen molar-refractivity contribution in [2.75, 3.05) is 7.05 Å². The molecule has 0 saturated heterocycles. The molecule has 0 aromatic heterocycles. The first-order chi connectivity index (χ1) is 6.14. The molecule has 1 saturated carbocycles. The predicted octanol–water partition coefficient (Wildman–Crippen LogP) is 0.763. The summed E-state index contributed by atoms with van der Waals surface area (Å²) in [5.74, 6) is 0. The molecule has 5 heteroatoms. The molecular weight excluding hydrogens is 188 g/mol. The average Bonchev–Trinajstić information content (AvgIpc) is 2.32. The van der Waals surface area contributed by atoms with Crippen molar-refractivity contribution in [3.8, 4) is 0 Å². The van der Waals surface area contributed by atoms with Crippen LogP contribution in [0.2, 0.25) is 0 Å². The van der Waals surface area contributed by atoms with E-state index >= 15 is 0 Å². The maximum atomic E-state index is 11.2. The molecule has 0 atom stereocenters. The average molecular weight is 206 g/mol. The molecule has 0 aromatic rings. The first-order valence-corrected chi connectivity index (χ1v) is 6.33. The third-order valence-electron chi connectivity index (χ3n) is 2.45. The Morgan fingerprint density at radius 1 is 1.08 bits per heavy atom. The smallest absolute Gasteiger partial charge is 0.205 e. The zero-order valence-corrected chi connectivity index (χ0v) is 8.86. The summed E-state index contributed by atoms with van der Waals surface area (Å²) in [6.45, 7) is 0. The zero-order valence-electron chi connectivity index (χ0n) is 8.04. The Kier molecular flexibility index (Phi) is 4.15. The molecule has 1 fully saturated rings. The maximum absolute atomic E-state index is 11.2. The van der Waals surface area contributed by atoms with Gasteiger partial charge in [-0.25, -0.2) is 4.72 Å². The van der Waals surface area contributed by atoms with Crippen molar-refractivity contribution >= 4 is 10.2 Å². The molecule has 0 bridgehead atoms. The first kappa shape index (κ1) is 10.9. The van der Waals surface area contributed by atoms with Crippen molar-refractivity contribution in [3.05, 3.63) is 0 Å². The second-order valence-electron chi connectivity index (χ2n) is 3.51. The minimum absolute atomic E-state index is 0.139. The van der Waals surface area contributed by atoms with Gasteiger partial charge in [-0.15, -0.1) is 0 Å². The van der Waals surface area contributed by atoms with Crippen LogP contribution in [0.3, 0.4) is 0 Å². The van der Waals surface area contributed by atoms with Crippen LogP contribution in [0, 0.1) is 0 Å². The second kappa shape index (κ2) is 4.93. The van der Waals surface area contributed by atoms with Gasteiger partial charge in [0.2, 0.25) is 0 Å². The van der Waals surface area contributed by atoms with E-state index in [-0.39, 0.29) is 6.04 Å². The van der Waals surface area contributed by atoms with Crippen molar-refractivity contribution in [2.24, 2.45) is 0 Å². The second-order valence-corrected chi connectivity index (χ2v) is 5.16. The molecule has 13 heavy (non-hydrogen) atoms. The van der Waals surface area contributed by atoms with Crippen LogP contribution >= 0.6 is 0 Å². The van der Waals surface area contributed by atoms with Crippen LogP contribution in [0.5, 0.6) is 0 Å². The van der Waals surface area contributed by atoms with Gasteiger partial charge in [0.05, 0.1) is 0 Å². The van der Waals surface area contributed by atoms with E-state index in [1.807, 2.05) is 0 Å². The van der Waals surface area contributed by atoms with Crippen LogP contribution in [0.1, 0.15) is 38.5 Å². The number of rotatable bonds is 3. The highest BCUT2D eigenvalue weighted by atomic mass is 32.2. The standard InChI is InChI=1S/C8H18N2O2S/c1-9-13(11,12)10-8-6-4-2-3-5-7-8/h8-10H,2-7H2,1H3. The molecule has 0 radical (unpaired) electrons. The summed E-state index contributed by atoms with van der Waals surface area (Å²) in [6.07, 6.45) is 6.69. The van der Waals surface area contributed by atoms with Crippen LogP contribution in [-0.4, -0.2) is 21.5 Å². The van der Waals surface area contributed by atoms with Gasteiger partial charge in [0.15, 0.2) is 0 Å². The highest BCUT2D eigenvalue weighted by Gasteiger charge is 2.17. The Labute approximate surface area is 80.3 Å². The van der Waals surface area contributed by atoms with Crippen LogP contribution in [-0.2, 0) is 10.2 Å². The normalized spacial score (nSPS) is 21.3. The van der Waals surface area contributed by atoms with Gasteiger partial charge < -0.3 is 0 Å². The molecule has 1 aliphatic carbocycles. The quantitative estimate of drug-likeness (QED) is 0.670. The molecule has 78 valence electrons. The largest absolute Gasteiger partial charge is 0.276 e. The fourth-order valence-electron chi connectivity index (χ4n) is 1.68. The van der Waals surface area contributed by atoms with Gasteiger partial charge in [0, 0.05) is 13.1 Å². The van der Waals surface area contributed by atoms with Gasteiger partial charge in [-0.3, -0.25) is 0 Å². The van der Waals surface area contributed by atoms with Crippen LogP contribution in [0.25, 0.3) is 0 Å². The molecule has 2 N–H and O–H groups in total. The Bertz CT molecular complexity index is 231. The third-order valence-corrected chi connectivity index (χ3v) is 3.63. The zero-order chi connectivity index (χ0) is 9.73. The topological polar surface area (TPSA) is 58.2 Å². The predicted molar refractivity (Wildman–Crippen MR) is 52.6 cm³/mol. The number of nitrogens with one attached hydrogen (secondary N) is 2. The van der Waals surface area contributed by atoms with Crippen molar-refractivity contribution < 1.29 is 8.42 Å². The first-order valence-electron chi connectivity index (χ1n) is 4.85. The van der Waals surface area contributed by atoms with E-state index in [4.69, 9.17) is 0 Å². The lowest BCUT2D eigenvalue weighted by molar-refractivity contribution is 0.505. The SMILES string of the molecule is CNS(=O)(=O)NC1CCCCCC1. The number of hydrogen-bond acceptors (Lipinski definition) is 2. The van der Waals surface area contributed by atoms with Gasteiger partial charge >= 0.3 is 0 Å². The Morgan fingerprint density at radius 3 is 2.08 bits per heavy atom. The van der Waals surface area contributed by atoms with Gasteiger partial charge in [-0.1, -0.05) is 25.7 Å². The summed E-state index contributed by atoms with van der Waals surface area (Å²) < 4.78 is 27.2. The van der Waals surface area contributed by atoms with E-state index in [0.717, 1.165) is 25.7 Å². The minimum Gasteiger partial charge on any atom is -0.205 e. The molecule has 0 aliphatic heterocycles. The number of hydrogen-bond donors (Lipinski definition) is 2. The lowest BCUT2D eigenvalue weighted by Crippen LogP contribution is -2.40. The van der Waals surface area contributed by atoms with E-state index in [0.29, 0.717) is 0 Å². The van der Waals surface area contributed by atoms with E-state index in [2.05, 4.69) is 9.44 Å².